The van der Waals surface area contributed by atoms with Crippen LogP contribution in [0, 0.1) is 0 Å². The van der Waals surface area contributed by atoms with Crippen LogP contribution in [0.25, 0.3) is 0 Å². The highest BCUT2D eigenvalue weighted by atomic mass is 16.2. The van der Waals surface area contributed by atoms with E-state index in [9.17, 15) is 4.79 Å². The first-order valence-corrected chi connectivity index (χ1v) is 4.94. The summed E-state index contributed by atoms with van der Waals surface area (Å²) in [6, 6.07) is 9.25. The second-order valence-electron chi connectivity index (χ2n) is 3.49. The Balaban J connectivity index is 2.56. The van der Waals surface area contributed by atoms with E-state index in [1.807, 2.05) is 37.3 Å². The molecule has 0 heterocycles. The number of hydrogen-bond acceptors (Lipinski definition) is 2. The number of urea groups is 1. The molecule has 3 N–H and O–H groups in total. The molecular formula is C11H17N3O. The summed E-state index contributed by atoms with van der Waals surface area (Å²) in [4.78, 5) is 13.3. The second-order valence-corrected chi connectivity index (χ2v) is 3.49. The number of rotatable bonds is 3. The second kappa shape index (κ2) is 5.36. The van der Waals surface area contributed by atoms with Crippen molar-refractivity contribution in [3.8, 4) is 0 Å². The molecular weight excluding hydrogens is 190 g/mol. The summed E-state index contributed by atoms with van der Waals surface area (Å²) in [6.07, 6.45) is 0. The van der Waals surface area contributed by atoms with Gasteiger partial charge in [0.1, 0.15) is 0 Å². The molecule has 2 amide bonds. The number of carbonyl (C=O) groups is 1. The van der Waals surface area contributed by atoms with Crippen molar-refractivity contribution in [2.45, 2.75) is 13.0 Å². The standard InChI is InChI=1S/C11H17N3O/c1-9(8-12)14(2)11(15)13-10-6-4-3-5-7-10/h3-7,9H,8,12H2,1-2H3,(H,13,15). The Labute approximate surface area is 90.1 Å². The lowest BCUT2D eigenvalue weighted by Gasteiger charge is -2.23. The zero-order chi connectivity index (χ0) is 11.3. The fraction of sp³-hybridized carbons (Fsp3) is 0.364. The van der Waals surface area contributed by atoms with Crippen molar-refractivity contribution in [2.24, 2.45) is 5.73 Å². The minimum atomic E-state index is -0.140. The first kappa shape index (κ1) is 11.5. The Morgan fingerprint density at radius 3 is 2.60 bits per heavy atom. The fourth-order valence-electron chi connectivity index (χ4n) is 1.09. The molecule has 1 atom stereocenters. The van der Waals surface area contributed by atoms with Crippen LogP contribution in [0.5, 0.6) is 0 Å². The number of nitrogens with one attached hydrogen (secondary N) is 1. The van der Waals surface area contributed by atoms with Crippen molar-refractivity contribution in [2.75, 3.05) is 18.9 Å². The largest absolute Gasteiger partial charge is 0.328 e. The molecule has 1 aromatic carbocycles. The minimum Gasteiger partial charge on any atom is -0.328 e. The van der Waals surface area contributed by atoms with Crippen molar-refractivity contribution in [1.82, 2.24) is 4.90 Å². The highest BCUT2D eigenvalue weighted by molar-refractivity contribution is 5.89. The highest BCUT2D eigenvalue weighted by Gasteiger charge is 2.13. The Morgan fingerprint density at radius 2 is 2.07 bits per heavy atom. The molecule has 0 saturated heterocycles. The first-order chi connectivity index (χ1) is 7.15. The third kappa shape index (κ3) is 3.25. The summed E-state index contributed by atoms with van der Waals surface area (Å²) in [6.45, 7) is 2.36. The number of nitrogens with two attached hydrogens (primary N) is 1. The number of amides is 2. The van der Waals surface area contributed by atoms with Gasteiger partial charge in [-0.15, -0.1) is 0 Å². The molecule has 0 aliphatic heterocycles. The summed E-state index contributed by atoms with van der Waals surface area (Å²) in [5, 5.41) is 2.79. The summed E-state index contributed by atoms with van der Waals surface area (Å²) < 4.78 is 0. The maximum absolute atomic E-state index is 11.7. The smallest absolute Gasteiger partial charge is 0.321 e. The minimum absolute atomic E-state index is 0.0358. The van der Waals surface area contributed by atoms with Gasteiger partial charge in [0, 0.05) is 25.3 Å². The van der Waals surface area contributed by atoms with Crippen LogP contribution in [-0.4, -0.2) is 30.6 Å². The molecule has 1 rings (SSSR count). The number of para-hydroxylation sites is 1. The normalized spacial score (nSPS) is 11.9. The fourth-order valence-corrected chi connectivity index (χ4v) is 1.09. The summed E-state index contributed by atoms with van der Waals surface area (Å²) in [5.41, 5.74) is 6.27. The Kier molecular flexibility index (Phi) is 4.12. The molecule has 4 heteroatoms. The molecule has 15 heavy (non-hydrogen) atoms. The van der Waals surface area contributed by atoms with Crippen LogP contribution >= 0.6 is 0 Å². The van der Waals surface area contributed by atoms with Crippen molar-refractivity contribution in [3.63, 3.8) is 0 Å². The average molecular weight is 207 g/mol. The SMILES string of the molecule is CC(CN)N(C)C(=O)Nc1ccccc1. The van der Waals surface area contributed by atoms with E-state index in [1.54, 1.807) is 11.9 Å². The zero-order valence-corrected chi connectivity index (χ0v) is 9.10. The van der Waals surface area contributed by atoms with Crippen LogP contribution < -0.4 is 11.1 Å². The van der Waals surface area contributed by atoms with Gasteiger partial charge in [0.05, 0.1) is 0 Å². The maximum atomic E-state index is 11.7. The van der Waals surface area contributed by atoms with Gasteiger partial charge < -0.3 is 16.0 Å². The number of hydrogen-bond donors (Lipinski definition) is 2. The van der Waals surface area contributed by atoms with Gasteiger partial charge in [-0.2, -0.15) is 0 Å². The van der Waals surface area contributed by atoms with Crippen molar-refractivity contribution in [3.05, 3.63) is 30.3 Å². The molecule has 0 aromatic heterocycles. The number of anilines is 1. The van der Waals surface area contributed by atoms with Crippen LogP contribution in [0.1, 0.15) is 6.92 Å². The Bertz CT molecular complexity index is 313. The van der Waals surface area contributed by atoms with E-state index in [4.69, 9.17) is 5.73 Å². The Hall–Kier alpha value is -1.55. The molecule has 0 aliphatic rings. The molecule has 82 valence electrons. The summed E-state index contributed by atoms with van der Waals surface area (Å²) in [5.74, 6) is 0. The van der Waals surface area contributed by atoms with E-state index in [1.165, 1.54) is 0 Å². The first-order valence-electron chi connectivity index (χ1n) is 4.94. The summed E-state index contributed by atoms with van der Waals surface area (Å²) in [7, 11) is 1.73. The Morgan fingerprint density at radius 1 is 1.47 bits per heavy atom. The van der Waals surface area contributed by atoms with Gasteiger partial charge in [0.2, 0.25) is 0 Å². The molecule has 4 nitrogen and oxygen atoms in total. The van der Waals surface area contributed by atoms with Gasteiger partial charge in [-0.25, -0.2) is 4.79 Å². The third-order valence-electron chi connectivity index (χ3n) is 2.35. The lowest BCUT2D eigenvalue weighted by atomic mass is 10.3. The van der Waals surface area contributed by atoms with E-state index in [0.29, 0.717) is 6.54 Å². The van der Waals surface area contributed by atoms with Crippen molar-refractivity contribution >= 4 is 11.7 Å². The van der Waals surface area contributed by atoms with Crippen molar-refractivity contribution in [1.29, 1.82) is 0 Å². The quantitative estimate of drug-likeness (QED) is 0.789. The van der Waals surface area contributed by atoms with Gasteiger partial charge in [-0.1, -0.05) is 18.2 Å². The van der Waals surface area contributed by atoms with Gasteiger partial charge in [-0.3, -0.25) is 0 Å². The molecule has 0 radical (unpaired) electrons. The molecule has 0 aliphatic carbocycles. The van der Waals surface area contributed by atoms with Crippen LogP contribution in [0.4, 0.5) is 10.5 Å². The van der Waals surface area contributed by atoms with E-state index in [-0.39, 0.29) is 12.1 Å². The topological polar surface area (TPSA) is 58.4 Å². The van der Waals surface area contributed by atoms with E-state index >= 15 is 0 Å². The van der Waals surface area contributed by atoms with Crippen molar-refractivity contribution < 1.29 is 4.79 Å². The zero-order valence-electron chi connectivity index (χ0n) is 9.10. The average Bonchev–Trinajstić information content (AvgIpc) is 2.28. The lowest BCUT2D eigenvalue weighted by molar-refractivity contribution is 0.209. The van der Waals surface area contributed by atoms with Crippen LogP contribution in [0.15, 0.2) is 30.3 Å². The predicted octanol–water partition coefficient (Wildman–Crippen LogP) is 1.50. The number of likely N-dealkylation sites (N-methyl/N-ethyl adjacent to an activating group) is 1. The number of carbonyl (C=O) groups excluding carboxylic acids is 1. The van der Waals surface area contributed by atoms with E-state index in [0.717, 1.165) is 5.69 Å². The molecule has 0 fully saturated rings. The van der Waals surface area contributed by atoms with Crippen LogP contribution in [-0.2, 0) is 0 Å². The van der Waals surface area contributed by atoms with Gasteiger partial charge in [0.25, 0.3) is 0 Å². The lowest BCUT2D eigenvalue weighted by Crippen LogP contribution is -2.42. The number of nitrogens with zero attached hydrogens (tertiary/aromatic N) is 1. The molecule has 1 unspecified atom stereocenters. The maximum Gasteiger partial charge on any atom is 0.321 e. The molecule has 0 spiro atoms. The molecule has 0 saturated carbocycles. The number of benzene rings is 1. The summed E-state index contributed by atoms with van der Waals surface area (Å²) >= 11 is 0. The van der Waals surface area contributed by atoms with E-state index < -0.39 is 0 Å². The van der Waals surface area contributed by atoms with Gasteiger partial charge >= 0.3 is 6.03 Å². The highest BCUT2D eigenvalue weighted by Crippen LogP contribution is 2.06. The monoisotopic (exact) mass is 207 g/mol. The predicted molar refractivity (Wildman–Crippen MR) is 61.7 cm³/mol. The van der Waals surface area contributed by atoms with E-state index in [2.05, 4.69) is 5.32 Å². The van der Waals surface area contributed by atoms with Crippen LogP contribution in [0.3, 0.4) is 0 Å². The van der Waals surface area contributed by atoms with Gasteiger partial charge in [-0.05, 0) is 19.1 Å². The third-order valence-corrected chi connectivity index (χ3v) is 2.35. The molecule has 0 bridgehead atoms. The van der Waals surface area contributed by atoms with Gasteiger partial charge in [0.15, 0.2) is 0 Å². The van der Waals surface area contributed by atoms with Crippen LogP contribution in [0.2, 0.25) is 0 Å². The molecule has 1 aromatic rings.